The van der Waals surface area contributed by atoms with Gasteiger partial charge in [0.15, 0.2) is 0 Å². The van der Waals surface area contributed by atoms with Crippen molar-refractivity contribution in [3.05, 3.63) is 0 Å². The molecule has 0 nitrogen and oxygen atoms in total. The second kappa shape index (κ2) is 4.02. The van der Waals surface area contributed by atoms with Crippen LogP contribution in [0.3, 0.4) is 0 Å². The predicted octanol–water partition coefficient (Wildman–Crippen LogP) is 4.21. The van der Waals surface area contributed by atoms with E-state index in [9.17, 15) is 0 Å². The van der Waals surface area contributed by atoms with Gasteiger partial charge in [-0.25, -0.2) is 0 Å². The van der Waals surface area contributed by atoms with Crippen LogP contribution in [0.5, 0.6) is 0 Å². The van der Waals surface area contributed by atoms with Gasteiger partial charge in [0.1, 0.15) is 0 Å². The molecule has 0 amide bonds. The summed E-state index contributed by atoms with van der Waals surface area (Å²) in [6, 6.07) is 0. The number of rotatable bonds is 4. The molecule has 0 heterocycles. The van der Waals surface area contributed by atoms with Crippen molar-refractivity contribution in [1.82, 2.24) is 0 Å². The van der Waals surface area contributed by atoms with E-state index in [2.05, 4.69) is 41.5 Å². The van der Waals surface area contributed by atoms with Gasteiger partial charge in [0, 0.05) is 0 Å². The molecule has 0 heteroatoms. The van der Waals surface area contributed by atoms with Crippen molar-refractivity contribution in [2.45, 2.75) is 48.0 Å². The van der Waals surface area contributed by atoms with Crippen molar-refractivity contribution in [2.24, 2.45) is 35.5 Å². The third-order valence-electron chi connectivity index (χ3n) is 4.60. The minimum Gasteiger partial charge on any atom is -0.0651 e. The lowest BCUT2D eigenvalue weighted by Gasteiger charge is -2.24. The molecular formula is C13H26. The summed E-state index contributed by atoms with van der Waals surface area (Å²) in [6.45, 7) is 14.4. The standard InChI is InChI=1S/C13H26/c1-7-12-11(6)13(12)10(5)9(4)8(2)3/h8-13H,7H2,1-6H3. The van der Waals surface area contributed by atoms with E-state index in [1.54, 1.807) is 0 Å². The van der Waals surface area contributed by atoms with Gasteiger partial charge in [-0.15, -0.1) is 0 Å². The summed E-state index contributed by atoms with van der Waals surface area (Å²) < 4.78 is 0. The molecule has 0 aliphatic heterocycles. The quantitative estimate of drug-likeness (QED) is 0.611. The molecule has 1 fully saturated rings. The van der Waals surface area contributed by atoms with Crippen LogP contribution >= 0.6 is 0 Å². The average Bonchev–Trinajstić information content (AvgIpc) is 2.73. The van der Waals surface area contributed by atoms with Gasteiger partial charge in [-0.1, -0.05) is 48.0 Å². The Balaban J connectivity index is 2.45. The number of hydrogen-bond donors (Lipinski definition) is 0. The molecule has 0 N–H and O–H groups in total. The van der Waals surface area contributed by atoms with Crippen LogP contribution in [0.4, 0.5) is 0 Å². The van der Waals surface area contributed by atoms with Gasteiger partial charge in [0.25, 0.3) is 0 Å². The normalized spacial score (nSPS) is 37.6. The van der Waals surface area contributed by atoms with E-state index >= 15 is 0 Å². The maximum atomic E-state index is 2.46. The van der Waals surface area contributed by atoms with E-state index in [0.29, 0.717) is 0 Å². The molecule has 0 saturated heterocycles. The lowest BCUT2D eigenvalue weighted by Crippen LogP contribution is -2.17. The first-order chi connectivity index (χ1) is 6.00. The molecule has 0 aromatic heterocycles. The summed E-state index contributed by atoms with van der Waals surface area (Å²) in [6.07, 6.45) is 1.39. The zero-order valence-electron chi connectivity index (χ0n) is 10.2. The summed E-state index contributed by atoms with van der Waals surface area (Å²) in [4.78, 5) is 0. The Bertz CT molecular complexity index is 159. The Morgan fingerprint density at radius 2 is 1.62 bits per heavy atom. The molecule has 1 aliphatic rings. The molecule has 5 unspecified atom stereocenters. The Morgan fingerprint density at radius 1 is 1.08 bits per heavy atom. The molecule has 13 heavy (non-hydrogen) atoms. The highest BCUT2D eigenvalue weighted by Crippen LogP contribution is 2.54. The minimum absolute atomic E-state index is 0.848. The molecule has 1 saturated carbocycles. The molecule has 1 rings (SSSR count). The maximum Gasteiger partial charge on any atom is -0.0326 e. The Kier molecular flexibility index (Phi) is 3.43. The first-order valence-electron chi connectivity index (χ1n) is 6.00. The fourth-order valence-corrected chi connectivity index (χ4v) is 3.05. The largest absolute Gasteiger partial charge is 0.0651 e. The molecule has 5 atom stereocenters. The van der Waals surface area contributed by atoms with Crippen molar-refractivity contribution in [1.29, 1.82) is 0 Å². The molecule has 1 aliphatic carbocycles. The Morgan fingerprint density at radius 3 is 1.92 bits per heavy atom. The fourth-order valence-electron chi connectivity index (χ4n) is 3.05. The zero-order valence-corrected chi connectivity index (χ0v) is 10.2. The first-order valence-corrected chi connectivity index (χ1v) is 6.00. The molecule has 0 aromatic carbocycles. The van der Waals surface area contributed by atoms with Crippen LogP contribution in [0.2, 0.25) is 0 Å². The van der Waals surface area contributed by atoms with Crippen molar-refractivity contribution in [3.8, 4) is 0 Å². The van der Waals surface area contributed by atoms with Crippen LogP contribution < -0.4 is 0 Å². The van der Waals surface area contributed by atoms with Crippen molar-refractivity contribution in [2.75, 3.05) is 0 Å². The van der Waals surface area contributed by atoms with E-state index in [1.807, 2.05) is 0 Å². The third kappa shape index (κ3) is 2.08. The van der Waals surface area contributed by atoms with Crippen LogP contribution in [0.1, 0.15) is 48.0 Å². The Labute approximate surface area is 84.1 Å². The highest BCUT2D eigenvalue weighted by atomic mass is 14.5. The minimum atomic E-state index is 0.848. The van der Waals surface area contributed by atoms with Crippen LogP contribution in [0, 0.1) is 35.5 Å². The van der Waals surface area contributed by atoms with Gasteiger partial charge >= 0.3 is 0 Å². The summed E-state index contributed by atoms with van der Waals surface area (Å²) in [7, 11) is 0. The summed E-state index contributed by atoms with van der Waals surface area (Å²) in [5.74, 6) is 5.74. The zero-order chi connectivity index (χ0) is 10.2. The lowest BCUT2D eigenvalue weighted by atomic mass is 9.82. The van der Waals surface area contributed by atoms with E-state index < -0.39 is 0 Å². The van der Waals surface area contributed by atoms with Crippen LogP contribution in [0.15, 0.2) is 0 Å². The molecule has 0 radical (unpaired) electrons. The summed E-state index contributed by atoms with van der Waals surface area (Å²) in [5, 5.41) is 0. The molecule has 0 aromatic rings. The van der Waals surface area contributed by atoms with Crippen LogP contribution in [0.25, 0.3) is 0 Å². The molecule has 78 valence electrons. The van der Waals surface area contributed by atoms with Crippen LogP contribution in [-0.2, 0) is 0 Å². The molecule has 0 bridgehead atoms. The molecular weight excluding hydrogens is 156 g/mol. The fraction of sp³-hybridized carbons (Fsp3) is 1.00. The predicted molar refractivity (Wildman–Crippen MR) is 59.6 cm³/mol. The molecule has 0 spiro atoms. The summed E-state index contributed by atoms with van der Waals surface area (Å²) in [5.41, 5.74) is 0. The highest BCUT2D eigenvalue weighted by molar-refractivity contribution is 4.97. The topological polar surface area (TPSA) is 0 Å². The maximum absolute atomic E-state index is 2.46. The smallest absolute Gasteiger partial charge is 0.0326 e. The second-order valence-corrected chi connectivity index (χ2v) is 5.47. The van der Waals surface area contributed by atoms with E-state index in [1.165, 1.54) is 6.42 Å². The van der Waals surface area contributed by atoms with Gasteiger partial charge in [-0.3, -0.25) is 0 Å². The van der Waals surface area contributed by atoms with E-state index in [-0.39, 0.29) is 0 Å². The van der Waals surface area contributed by atoms with Crippen molar-refractivity contribution in [3.63, 3.8) is 0 Å². The van der Waals surface area contributed by atoms with Crippen molar-refractivity contribution < 1.29 is 0 Å². The van der Waals surface area contributed by atoms with E-state index in [0.717, 1.165) is 35.5 Å². The average molecular weight is 182 g/mol. The van der Waals surface area contributed by atoms with Gasteiger partial charge in [0.2, 0.25) is 0 Å². The van der Waals surface area contributed by atoms with E-state index in [4.69, 9.17) is 0 Å². The lowest BCUT2D eigenvalue weighted by molar-refractivity contribution is 0.253. The van der Waals surface area contributed by atoms with Crippen molar-refractivity contribution >= 4 is 0 Å². The SMILES string of the molecule is CCC1C(C)C1C(C)C(C)C(C)C. The highest BCUT2D eigenvalue weighted by Gasteiger charge is 2.49. The third-order valence-corrected chi connectivity index (χ3v) is 4.60. The first kappa shape index (κ1) is 11.1. The van der Waals surface area contributed by atoms with Gasteiger partial charge < -0.3 is 0 Å². The second-order valence-electron chi connectivity index (χ2n) is 5.47. The van der Waals surface area contributed by atoms with Gasteiger partial charge in [-0.05, 0) is 35.5 Å². The number of hydrogen-bond acceptors (Lipinski definition) is 0. The summed E-state index contributed by atoms with van der Waals surface area (Å²) >= 11 is 0. The monoisotopic (exact) mass is 182 g/mol. The van der Waals surface area contributed by atoms with Gasteiger partial charge in [0.05, 0.1) is 0 Å². The Hall–Kier alpha value is 0. The van der Waals surface area contributed by atoms with Crippen LogP contribution in [-0.4, -0.2) is 0 Å². The van der Waals surface area contributed by atoms with Gasteiger partial charge in [-0.2, -0.15) is 0 Å².